The highest BCUT2D eigenvalue weighted by Gasteiger charge is 2.26. The van der Waals surface area contributed by atoms with Crippen LogP contribution in [0.3, 0.4) is 0 Å². The second kappa shape index (κ2) is 8.57. The first-order chi connectivity index (χ1) is 14.0. The van der Waals surface area contributed by atoms with Gasteiger partial charge in [-0.25, -0.2) is 4.68 Å². The van der Waals surface area contributed by atoms with Crippen molar-refractivity contribution < 1.29 is 0 Å². The summed E-state index contributed by atoms with van der Waals surface area (Å²) in [7, 11) is 2.00. The van der Waals surface area contributed by atoms with Gasteiger partial charge in [-0.05, 0) is 38.3 Å². The van der Waals surface area contributed by atoms with Gasteiger partial charge >= 0.3 is 0 Å². The van der Waals surface area contributed by atoms with Gasteiger partial charge in [0.2, 0.25) is 0 Å². The average Bonchev–Trinajstić information content (AvgIpc) is 2.93. The smallest absolute Gasteiger partial charge is 0.286 e. The maximum absolute atomic E-state index is 12.8. The highest BCUT2D eigenvalue weighted by Crippen LogP contribution is 2.29. The molecule has 0 radical (unpaired) electrons. The van der Waals surface area contributed by atoms with Crippen LogP contribution in [0.4, 0.5) is 5.69 Å². The van der Waals surface area contributed by atoms with Crippen molar-refractivity contribution in [3.05, 3.63) is 50.4 Å². The molecular formula is C23H33ClN4O. The molecule has 0 unspecified atom stereocenters. The van der Waals surface area contributed by atoms with E-state index in [2.05, 4.69) is 41.8 Å². The van der Waals surface area contributed by atoms with E-state index in [0.717, 1.165) is 51.3 Å². The lowest BCUT2D eigenvalue weighted by molar-refractivity contribution is 0.235. The van der Waals surface area contributed by atoms with E-state index in [1.54, 1.807) is 0 Å². The summed E-state index contributed by atoms with van der Waals surface area (Å²) in [5.74, 6) is 0. The maximum atomic E-state index is 12.8. The fraction of sp³-hybridized carbons (Fsp3) is 0.609. The van der Waals surface area contributed by atoms with E-state index >= 15 is 0 Å². The Hall–Kier alpha value is -1.72. The van der Waals surface area contributed by atoms with E-state index in [1.165, 1.54) is 36.1 Å². The minimum atomic E-state index is -0.00928. The maximum Gasteiger partial charge on any atom is 0.286 e. The summed E-state index contributed by atoms with van der Waals surface area (Å²) >= 11 is 6.53. The molecule has 2 aromatic rings. The fourth-order valence-corrected chi connectivity index (χ4v) is 5.33. The van der Waals surface area contributed by atoms with E-state index < -0.39 is 0 Å². The predicted molar refractivity (Wildman–Crippen MR) is 120 cm³/mol. The molecule has 0 atom stereocenters. The van der Waals surface area contributed by atoms with Gasteiger partial charge in [0.15, 0.2) is 0 Å². The molecule has 2 fully saturated rings. The number of nitrogens with zero attached hydrogens (tertiary/aromatic N) is 4. The van der Waals surface area contributed by atoms with Crippen molar-refractivity contribution in [2.24, 2.45) is 7.05 Å². The summed E-state index contributed by atoms with van der Waals surface area (Å²) in [5.41, 5.74) is 4.94. The zero-order chi connectivity index (χ0) is 20.5. The molecule has 0 spiro atoms. The third-order valence-corrected chi connectivity index (χ3v) is 7.10. The van der Waals surface area contributed by atoms with Crippen LogP contribution >= 0.6 is 11.6 Å². The van der Waals surface area contributed by atoms with Crippen molar-refractivity contribution in [1.29, 1.82) is 0 Å². The van der Waals surface area contributed by atoms with Gasteiger partial charge in [0.1, 0.15) is 5.02 Å². The van der Waals surface area contributed by atoms with Crippen LogP contribution in [0.1, 0.15) is 55.0 Å². The average molecular weight is 417 g/mol. The second-order valence-electron chi connectivity index (χ2n) is 8.78. The molecule has 1 saturated carbocycles. The van der Waals surface area contributed by atoms with Gasteiger partial charge in [0.25, 0.3) is 5.56 Å². The highest BCUT2D eigenvalue weighted by molar-refractivity contribution is 6.31. The molecule has 1 aromatic carbocycles. The summed E-state index contributed by atoms with van der Waals surface area (Å²) in [6, 6.07) is 6.99. The molecule has 158 valence electrons. The van der Waals surface area contributed by atoms with E-state index in [4.69, 9.17) is 11.6 Å². The van der Waals surface area contributed by atoms with Crippen molar-refractivity contribution in [3.8, 4) is 0 Å². The Morgan fingerprint density at radius 1 is 1.03 bits per heavy atom. The van der Waals surface area contributed by atoms with E-state index in [-0.39, 0.29) is 5.56 Å². The van der Waals surface area contributed by atoms with Crippen LogP contribution in [-0.4, -0.2) is 40.4 Å². The van der Waals surface area contributed by atoms with Gasteiger partial charge in [-0.2, -0.15) is 0 Å². The van der Waals surface area contributed by atoms with Crippen LogP contribution in [0, 0.1) is 13.8 Å². The van der Waals surface area contributed by atoms with Gasteiger partial charge in [-0.1, -0.05) is 48.6 Å². The first-order valence-corrected chi connectivity index (χ1v) is 11.3. The minimum Gasteiger partial charge on any atom is -0.369 e. The number of hydrogen-bond donors (Lipinski definition) is 0. The largest absolute Gasteiger partial charge is 0.369 e. The molecule has 1 aliphatic carbocycles. The molecule has 0 N–H and O–H groups in total. The monoisotopic (exact) mass is 416 g/mol. The molecule has 1 saturated heterocycles. The van der Waals surface area contributed by atoms with Crippen molar-refractivity contribution >= 4 is 17.3 Å². The van der Waals surface area contributed by atoms with Gasteiger partial charge < -0.3 is 4.90 Å². The molecule has 5 nitrogen and oxygen atoms in total. The molecule has 2 aliphatic rings. The highest BCUT2D eigenvalue weighted by atomic mass is 35.5. The van der Waals surface area contributed by atoms with Crippen LogP contribution in [0.5, 0.6) is 0 Å². The number of rotatable bonds is 4. The summed E-state index contributed by atoms with van der Waals surface area (Å²) in [4.78, 5) is 17.7. The Morgan fingerprint density at radius 3 is 2.38 bits per heavy atom. The number of halogens is 1. The minimum absolute atomic E-state index is 0.00928. The summed E-state index contributed by atoms with van der Waals surface area (Å²) in [6.45, 7) is 9.03. The Morgan fingerprint density at radius 2 is 1.72 bits per heavy atom. The number of piperazine rings is 1. The number of aromatic nitrogens is 2. The summed E-state index contributed by atoms with van der Waals surface area (Å²) in [5, 5.41) is 0.412. The zero-order valence-electron chi connectivity index (χ0n) is 18.0. The van der Waals surface area contributed by atoms with Gasteiger partial charge in [0.05, 0.1) is 11.7 Å². The Labute approximate surface area is 178 Å². The standard InChI is InChI=1S/C23H33ClN4O/c1-17-9-10-20(18(2)15-17)27-13-11-26(12-14-27)16-21-22(24)23(29)28(25(21)3)19-7-5-4-6-8-19/h9-10,15,19H,4-8,11-14,16H2,1-3H3. The van der Waals surface area contributed by atoms with Crippen LogP contribution in [0.25, 0.3) is 0 Å². The molecular weight excluding hydrogens is 384 g/mol. The van der Waals surface area contributed by atoms with Gasteiger partial charge in [-0.15, -0.1) is 0 Å². The summed E-state index contributed by atoms with van der Waals surface area (Å²) < 4.78 is 3.96. The third-order valence-electron chi connectivity index (χ3n) is 6.72. The number of hydrogen-bond acceptors (Lipinski definition) is 3. The molecule has 2 heterocycles. The molecule has 29 heavy (non-hydrogen) atoms. The quantitative estimate of drug-likeness (QED) is 0.745. The lowest BCUT2D eigenvalue weighted by Gasteiger charge is -2.37. The second-order valence-corrected chi connectivity index (χ2v) is 9.16. The molecule has 4 rings (SSSR count). The number of benzene rings is 1. The van der Waals surface area contributed by atoms with Gasteiger partial charge in [-0.3, -0.25) is 14.4 Å². The van der Waals surface area contributed by atoms with Crippen LogP contribution in [0.15, 0.2) is 23.0 Å². The topological polar surface area (TPSA) is 33.4 Å². The van der Waals surface area contributed by atoms with Gasteiger partial charge in [0, 0.05) is 45.5 Å². The normalized spacial score (nSPS) is 19.1. The number of aryl methyl sites for hydroxylation is 2. The first kappa shape index (κ1) is 20.5. The lowest BCUT2D eigenvalue weighted by atomic mass is 9.96. The van der Waals surface area contributed by atoms with Crippen molar-refractivity contribution in [3.63, 3.8) is 0 Å². The third kappa shape index (κ3) is 4.13. The number of anilines is 1. The Balaban J connectivity index is 1.45. The fourth-order valence-electron chi connectivity index (χ4n) is 5.06. The molecule has 1 aliphatic heterocycles. The lowest BCUT2D eigenvalue weighted by Crippen LogP contribution is -2.46. The Kier molecular flexibility index (Phi) is 6.07. The molecule has 1 aromatic heterocycles. The van der Waals surface area contributed by atoms with Crippen molar-refractivity contribution in [2.75, 3.05) is 31.1 Å². The zero-order valence-corrected chi connectivity index (χ0v) is 18.7. The Bertz CT molecular complexity index is 918. The SMILES string of the molecule is Cc1ccc(N2CCN(Cc3c(Cl)c(=O)n(C4CCCCC4)n3C)CC2)c(C)c1. The van der Waals surface area contributed by atoms with Crippen molar-refractivity contribution in [1.82, 2.24) is 14.3 Å². The van der Waals surface area contributed by atoms with Crippen molar-refractivity contribution in [2.45, 2.75) is 58.5 Å². The van der Waals surface area contributed by atoms with E-state index in [0.29, 0.717) is 11.1 Å². The van der Waals surface area contributed by atoms with E-state index in [9.17, 15) is 4.79 Å². The molecule has 6 heteroatoms. The predicted octanol–water partition coefficient (Wildman–Crippen LogP) is 4.28. The summed E-state index contributed by atoms with van der Waals surface area (Å²) in [6.07, 6.45) is 5.86. The molecule has 0 amide bonds. The molecule has 0 bridgehead atoms. The van der Waals surface area contributed by atoms with E-state index in [1.807, 2.05) is 16.4 Å². The van der Waals surface area contributed by atoms with Crippen LogP contribution in [0.2, 0.25) is 5.02 Å². The van der Waals surface area contributed by atoms with Crippen LogP contribution in [-0.2, 0) is 13.6 Å². The van der Waals surface area contributed by atoms with Crippen LogP contribution < -0.4 is 10.5 Å². The first-order valence-electron chi connectivity index (χ1n) is 11.0.